The third kappa shape index (κ3) is 4.20. The van der Waals surface area contributed by atoms with Crippen LogP contribution in [0.25, 0.3) is 6.08 Å². The van der Waals surface area contributed by atoms with Gasteiger partial charge in [-0.2, -0.15) is 5.26 Å². The number of allylic oxidation sites excluding steroid dienone is 1. The van der Waals surface area contributed by atoms with Gasteiger partial charge in [-0.25, -0.2) is 0 Å². The van der Waals surface area contributed by atoms with Crippen LogP contribution < -0.4 is 0 Å². The minimum absolute atomic E-state index is 0.637. The maximum atomic E-state index is 8.71. The number of nitrogens with zero attached hydrogens (tertiary/aromatic N) is 2. The molecule has 0 aromatic heterocycles. The van der Waals surface area contributed by atoms with E-state index in [1.165, 1.54) is 0 Å². The first kappa shape index (κ1) is 13.3. The number of aliphatic imine (C=N–C) groups is 1. The molecule has 0 fully saturated rings. The monoisotopic (exact) mass is 310 g/mol. The molecule has 0 saturated carbocycles. The van der Waals surface area contributed by atoms with Gasteiger partial charge in [0.1, 0.15) is 0 Å². The first-order chi connectivity index (χ1) is 9.28. The van der Waals surface area contributed by atoms with Gasteiger partial charge in [0.05, 0.1) is 17.3 Å². The number of hydrogen-bond donors (Lipinski definition) is 0. The molecule has 0 aliphatic heterocycles. The number of nitriles is 1. The quantitative estimate of drug-likeness (QED) is 0.757. The molecule has 0 bridgehead atoms. The molecule has 3 heteroatoms. The molecule has 0 amide bonds. The summed E-state index contributed by atoms with van der Waals surface area (Å²) in [6, 6.07) is 19.2. The molecule has 2 aromatic rings. The fourth-order valence-corrected chi connectivity index (χ4v) is 1.87. The molecule has 0 aliphatic carbocycles. The van der Waals surface area contributed by atoms with Crippen molar-refractivity contribution in [1.29, 1.82) is 5.26 Å². The van der Waals surface area contributed by atoms with Crippen LogP contribution in [-0.2, 0) is 0 Å². The second-order valence-corrected chi connectivity index (χ2v) is 4.77. The average molecular weight is 311 g/mol. The predicted octanol–water partition coefficient (Wildman–Crippen LogP) is 4.70. The first-order valence-corrected chi connectivity index (χ1v) is 6.54. The molecule has 2 nitrogen and oxygen atoms in total. The van der Waals surface area contributed by atoms with Crippen molar-refractivity contribution in [1.82, 2.24) is 0 Å². The summed E-state index contributed by atoms with van der Waals surface area (Å²) in [5.74, 6) is 0. The molecule has 0 spiro atoms. The van der Waals surface area contributed by atoms with E-state index in [0.717, 1.165) is 15.7 Å². The summed E-state index contributed by atoms with van der Waals surface area (Å²) < 4.78 is 0.892. The molecule has 19 heavy (non-hydrogen) atoms. The topological polar surface area (TPSA) is 36.1 Å². The zero-order valence-electron chi connectivity index (χ0n) is 10.1. The SMILES string of the molecule is N#Cc1ccc(N=CC(Br)=Cc2ccccc2)cc1. The third-order valence-corrected chi connectivity index (χ3v) is 2.87. The van der Waals surface area contributed by atoms with E-state index >= 15 is 0 Å². The Morgan fingerprint density at radius 1 is 1.05 bits per heavy atom. The first-order valence-electron chi connectivity index (χ1n) is 5.74. The largest absolute Gasteiger partial charge is 0.256 e. The van der Waals surface area contributed by atoms with Gasteiger partial charge in [0.15, 0.2) is 0 Å². The third-order valence-electron chi connectivity index (χ3n) is 2.44. The van der Waals surface area contributed by atoms with Gasteiger partial charge in [0.2, 0.25) is 0 Å². The molecule has 0 unspecified atom stereocenters. The summed E-state index contributed by atoms with van der Waals surface area (Å²) in [7, 11) is 0. The Balaban J connectivity index is 2.09. The number of rotatable bonds is 3. The van der Waals surface area contributed by atoms with Crippen molar-refractivity contribution in [2.45, 2.75) is 0 Å². The van der Waals surface area contributed by atoms with E-state index in [0.29, 0.717) is 5.56 Å². The lowest BCUT2D eigenvalue weighted by atomic mass is 10.2. The molecule has 0 heterocycles. The summed E-state index contributed by atoms with van der Waals surface area (Å²) in [5, 5.41) is 8.71. The van der Waals surface area contributed by atoms with Crippen molar-refractivity contribution in [3.05, 3.63) is 70.2 Å². The lowest BCUT2D eigenvalue weighted by Gasteiger charge is -1.95. The van der Waals surface area contributed by atoms with Crippen LogP contribution in [0.15, 0.2) is 64.1 Å². The Kier molecular flexibility index (Phi) is 4.66. The maximum Gasteiger partial charge on any atom is 0.0991 e. The van der Waals surface area contributed by atoms with Gasteiger partial charge >= 0.3 is 0 Å². The van der Waals surface area contributed by atoms with E-state index in [4.69, 9.17) is 5.26 Å². The van der Waals surface area contributed by atoms with Crippen LogP contribution in [0.5, 0.6) is 0 Å². The number of benzene rings is 2. The van der Waals surface area contributed by atoms with E-state index in [1.807, 2.05) is 48.5 Å². The standard InChI is InChI=1S/C16H11BrN2/c17-15(10-13-4-2-1-3-5-13)12-19-16-8-6-14(11-18)7-9-16/h1-10,12H. The van der Waals surface area contributed by atoms with Gasteiger partial charge in [-0.05, 0) is 51.8 Å². The molecular weight excluding hydrogens is 300 g/mol. The van der Waals surface area contributed by atoms with E-state index in [9.17, 15) is 0 Å². The van der Waals surface area contributed by atoms with Crippen LogP contribution in [0, 0.1) is 11.3 Å². The molecule has 2 aromatic carbocycles. The highest BCUT2D eigenvalue weighted by atomic mass is 79.9. The predicted molar refractivity (Wildman–Crippen MR) is 82.7 cm³/mol. The lowest BCUT2D eigenvalue weighted by molar-refractivity contribution is 1.47. The Hall–Kier alpha value is -2.18. The van der Waals surface area contributed by atoms with Crippen molar-refractivity contribution >= 4 is 33.9 Å². The summed E-state index contributed by atoms with van der Waals surface area (Å²) >= 11 is 3.46. The molecule has 0 saturated heterocycles. The summed E-state index contributed by atoms with van der Waals surface area (Å²) in [6.45, 7) is 0. The summed E-state index contributed by atoms with van der Waals surface area (Å²) in [4.78, 5) is 4.33. The average Bonchev–Trinajstić information content (AvgIpc) is 2.47. The van der Waals surface area contributed by atoms with Crippen molar-refractivity contribution in [3.63, 3.8) is 0 Å². The van der Waals surface area contributed by atoms with Crippen LogP contribution in [-0.4, -0.2) is 6.21 Å². The zero-order valence-corrected chi connectivity index (χ0v) is 11.7. The molecule has 0 atom stereocenters. The number of halogens is 1. The van der Waals surface area contributed by atoms with E-state index in [1.54, 1.807) is 18.3 Å². The van der Waals surface area contributed by atoms with Gasteiger partial charge < -0.3 is 0 Å². The minimum Gasteiger partial charge on any atom is -0.256 e. The van der Waals surface area contributed by atoms with Gasteiger partial charge in [-0.1, -0.05) is 30.3 Å². The van der Waals surface area contributed by atoms with Crippen LogP contribution in [0.1, 0.15) is 11.1 Å². The number of hydrogen-bond acceptors (Lipinski definition) is 2. The molecule has 92 valence electrons. The van der Waals surface area contributed by atoms with E-state index in [-0.39, 0.29) is 0 Å². The Morgan fingerprint density at radius 2 is 1.74 bits per heavy atom. The summed E-state index contributed by atoms with van der Waals surface area (Å²) in [6.07, 6.45) is 3.74. The van der Waals surface area contributed by atoms with Crippen molar-refractivity contribution in [2.24, 2.45) is 4.99 Å². The molecule has 0 radical (unpaired) electrons. The molecule has 2 rings (SSSR count). The van der Waals surface area contributed by atoms with E-state index < -0.39 is 0 Å². The van der Waals surface area contributed by atoms with Crippen LogP contribution in [0.3, 0.4) is 0 Å². The van der Waals surface area contributed by atoms with Gasteiger partial charge in [-0.3, -0.25) is 4.99 Å². The van der Waals surface area contributed by atoms with Crippen molar-refractivity contribution in [3.8, 4) is 6.07 Å². The highest BCUT2D eigenvalue weighted by Gasteiger charge is 1.92. The molecular formula is C16H11BrN2. The smallest absolute Gasteiger partial charge is 0.0991 e. The van der Waals surface area contributed by atoms with Crippen molar-refractivity contribution < 1.29 is 0 Å². The summed E-state index contributed by atoms with van der Waals surface area (Å²) in [5.41, 5.74) is 2.57. The fraction of sp³-hybridized carbons (Fsp3) is 0. The molecule has 0 N–H and O–H groups in total. The zero-order chi connectivity index (χ0) is 13.5. The fourth-order valence-electron chi connectivity index (χ4n) is 1.50. The van der Waals surface area contributed by atoms with Gasteiger partial charge in [0, 0.05) is 10.7 Å². The van der Waals surface area contributed by atoms with E-state index in [2.05, 4.69) is 27.0 Å². The van der Waals surface area contributed by atoms with Gasteiger partial charge in [0.25, 0.3) is 0 Å². The Labute approximate surface area is 120 Å². The highest BCUT2D eigenvalue weighted by Crippen LogP contribution is 2.15. The second kappa shape index (κ2) is 6.67. The van der Waals surface area contributed by atoms with Crippen LogP contribution in [0.2, 0.25) is 0 Å². The van der Waals surface area contributed by atoms with Gasteiger partial charge in [-0.15, -0.1) is 0 Å². The van der Waals surface area contributed by atoms with Crippen molar-refractivity contribution in [2.75, 3.05) is 0 Å². The minimum atomic E-state index is 0.637. The Bertz CT molecular complexity index is 635. The van der Waals surface area contributed by atoms with Crippen LogP contribution >= 0.6 is 15.9 Å². The molecule has 0 aliphatic rings. The highest BCUT2D eigenvalue weighted by molar-refractivity contribution is 9.12. The second-order valence-electron chi connectivity index (χ2n) is 3.86. The maximum absolute atomic E-state index is 8.71. The normalized spacial score (nSPS) is 11.5. The van der Waals surface area contributed by atoms with Crippen LogP contribution in [0.4, 0.5) is 5.69 Å². The lowest BCUT2D eigenvalue weighted by Crippen LogP contribution is -1.76. The Morgan fingerprint density at radius 3 is 2.37 bits per heavy atom.